The van der Waals surface area contributed by atoms with E-state index < -0.39 is 0 Å². The minimum Gasteiger partial charge on any atom is -0.360 e. The van der Waals surface area contributed by atoms with E-state index in [9.17, 15) is 4.79 Å². The third kappa shape index (κ3) is 4.07. The lowest BCUT2D eigenvalue weighted by atomic mass is 9.86. The Balaban J connectivity index is 1.49. The van der Waals surface area contributed by atoms with Crippen molar-refractivity contribution in [2.45, 2.75) is 38.6 Å². The van der Waals surface area contributed by atoms with Crippen molar-refractivity contribution in [2.24, 2.45) is 5.92 Å². The van der Waals surface area contributed by atoms with Crippen LogP contribution in [-0.2, 0) is 0 Å². The molecule has 1 aromatic carbocycles. The first kappa shape index (κ1) is 17.2. The third-order valence-electron chi connectivity index (χ3n) is 5.30. The van der Waals surface area contributed by atoms with E-state index in [2.05, 4.69) is 17.1 Å². The zero-order valence-electron chi connectivity index (χ0n) is 14.4. The fourth-order valence-corrected chi connectivity index (χ4v) is 3.99. The Hall–Kier alpha value is -1.62. The van der Waals surface area contributed by atoms with Crippen molar-refractivity contribution in [1.82, 2.24) is 15.1 Å². The van der Waals surface area contributed by atoms with Crippen molar-refractivity contribution >= 4 is 23.2 Å². The maximum atomic E-state index is 12.5. The number of carbonyl (C=O) groups excluding carboxylic acids is 1. The Labute approximate surface area is 150 Å². The SMILES string of the molecule is C[C@H]1CCCC[C@@H]1NC(=S)N1CCN(C(=O)c2ccccc2)CC1. The van der Waals surface area contributed by atoms with Crippen LogP contribution in [0.3, 0.4) is 0 Å². The molecule has 1 saturated carbocycles. The van der Waals surface area contributed by atoms with Crippen LogP contribution < -0.4 is 5.32 Å². The third-order valence-corrected chi connectivity index (χ3v) is 5.67. The number of nitrogens with one attached hydrogen (secondary N) is 1. The molecule has 3 rings (SSSR count). The van der Waals surface area contributed by atoms with Crippen molar-refractivity contribution in [3.05, 3.63) is 35.9 Å². The molecule has 4 nitrogen and oxygen atoms in total. The zero-order valence-corrected chi connectivity index (χ0v) is 15.2. The Morgan fingerprint density at radius 2 is 1.67 bits per heavy atom. The first-order valence-electron chi connectivity index (χ1n) is 9.05. The zero-order chi connectivity index (χ0) is 16.9. The average Bonchev–Trinajstić information content (AvgIpc) is 2.64. The first-order chi connectivity index (χ1) is 11.6. The van der Waals surface area contributed by atoms with Crippen molar-refractivity contribution in [1.29, 1.82) is 0 Å². The second-order valence-electron chi connectivity index (χ2n) is 6.96. The van der Waals surface area contributed by atoms with E-state index in [1.165, 1.54) is 25.7 Å². The lowest BCUT2D eigenvalue weighted by molar-refractivity contribution is 0.0690. The summed E-state index contributed by atoms with van der Waals surface area (Å²) in [6.45, 7) is 5.40. The van der Waals surface area contributed by atoms with Crippen LogP contribution in [0.5, 0.6) is 0 Å². The highest BCUT2D eigenvalue weighted by atomic mass is 32.1. The van der Waals surface area contributed by atoms with E-state index in [1.54, 1.807) is 0 Å². The molecular formula is C19H27N3OS. The Morgan fingerprint density at radius 3 is 2.33 bits per heavy atom. The number of rotatable bonds is 2. The molecule has 1 N–H and O–H groups in total. The van der Waals surface area contributed by atoms with Crippen molar-refractivity contribution < 1.29 is 4.79 Å². The van der Waals surface area contributed by atoms with Crippen LogP contribution in [0.2, 0.25) is 0 Å². The van der Waals surface area contributed by atoms with E-state index in [4.69, 9.17) is 12.2 Å². The fourth-order valence-electron chi connectivity index (χ4n) is 3.66. The first-order valence-corrected chi connectivity index (χ1v) is 9.46. The Morgan fingerprint density at radius 1 is 1.04 bits per heavy atom. The number of hydrogen-bond donors (Lipinski definition) is 1. The Bertz CT molecular complexity index is 569. The van der Waals surface area contributed by atoms with Gasteiger partial charge in [0.05, 0.1) is 0 Å². The van der Waals surface area contributed by atoms with Crippen LogP contribution in [0.1, 0.15) is 43.0 Å². The van der Waals surface area contributed by atoms with Gasteiger partial charge in [0.2, 0.25) is 0 Å². The monoisotopic (exact) mass is 345 g/mol. The normalized spacial score (nSPS) is 24.5. The van der Waals surface area contributed by atoms with E-state index in [1.807, 2.05) is 35.2 Å². The van der Waals surface area contributed by atoms with Crippen LogP contribution >= 0.6 is 12.2 Å². The minimum absolute atomic E-state index is 0.120. The summed E-state index contributed by atoms with van der Waals surface area (Å²) in [7, 11) is 0. The molecule has 1 aliphatic carbocycles. The second-order valence-corrected chi connectivity index (χ2v) is 7.35. The molecule has 1 heterocycles. The number of amides is 1. The van der Waals surface area contributed by atoms with Crippen molar-refractivity contribution in [2.75, 3.05) is 26.2 Å². The van der Waals surface area contributed by atoms with Gasteiger partial charge >= 0.3 is 0 Å². The van der Waals surface area contributed by atoms with Crippen LogP contribution in [0, 0.1) is 5.92 Å². The van der Waals surface area contributed by atoms with Gasteiger partial charge in [-0.3, -0.25) is 4.79 Å². The highest BCUT2D eigenvalue weighted by Gasteiger charge is 2.26. The van der Waals surface area contributed by atoms with Gasteiger partial charge in [0, 0.05) is 37.8 Å². The summed E-state index contributed by atoms with van der Waals surface area (Å²) in [5.74, 6) is 0.813. The molecule has 2 aliphatic rings. The molecule has 1 aromatic rings. The molecule has 0 aromatic heterocycles. The van der Waals surface area contributed by atoms with Gasteiger partial charge in [0.15, 0.2) is 5.11 Å². The summed E-state index contributed by atoms with van der Waals surface area (Å²) in [6, 6.07) is 10.0. The van der Waals surface area contributed by atoms with Gasteiger partial charge in [-0.1, -0.05) is 38.0 Å². The molecule has 0 spiro atoms. The second kappa shape index (κ2) is 7.97. The largest absolute Gasteiger partial charge is 0.360 e. The predicted molar refractivity (Wildman–Crippen MR) is 101 cm³/mol. The predicted octanol–water partition coefficient (Wildman–Crippen LogP) is 2.90. The van der Waals surface area contributed by atoms with Crippen molar-refractivity contribution in [3.8, 4) is 0 Å². The lowest BCUT2D eigenvalue weighted by Gasteiger charge is -2.38. The maximum absolute atomic E-state index is 12.5. The molecule has 130 valence electrons. The molecule has 1 aliphatic heterocycles. The topological polar surface area (TPSA) is 35.6 Å². The number of hydrogen-bond acceptors (Lipinski definition) is 2. The van der Waals surface area contributed by atoms with E-state index in [-0.39, 0.29) is 5.91 Å². The van der Waals surface area contributed by atoms with Crippen LogP contribution in [0.4, 0.5) is 0 Å². The van der Waals surface area contributed by atoms with E-state index in [0.717, 1.165) is 36.9 Å². The molecule has 0 bridgehead atoms. The number of benzene rings is 1. The standard InChI is InChI=1S/C19H27N3OS/c1-15-7-5-6-10-17(15)20-19(24)22-13-11-21(12-14-22)18(23)16-8-3-2-4-9-16/h2-4,8-9,15,17H,5-7,10-14H2,1H3,(H,20,24)/t15-,17-/m0/s1. The molecule has 1 amide bonds. The average molecular weight is 346 g/mol. The number of carbonyl (C=O) groups is 1. The fraction of sp³-hybridized carbons (Fsp3) is 0.579. The van der Waals surface area contributed by atoms with Gasteiger partial charge in [-0.2, -0.15) is 0 Å². The smallest absolute Gasteiger partial charge is 0.253 e. The highest BCUT2D eigenvalue weighted by Crippen LogP contribution is 2.24. The molecule has 2 fully saturated rings. The van der Waals surface area contributed by atoms with E-state index in [0.29, 0.717) is 12.0 Å². The molecule has 24 heavy (non-hydrogen) atoms. The summed E-state index contributed by atoms with van der Waals surface area (Å²) >= 11 is 5.62. The van der Waals surface area contributed by atoms with Gasteiger partial charge in [0.25, 0.3) is 5.91 Å². The molecule has 1 saturated heterocycles. The van der Waals surface area contributed by atoms with Crippen LogP contribution in [0.15, 0.2) is 30.3 Å². The van der Waals surface area contributed by atoms with E-state index >= 15 is 0 Å². The molecule has 5 heteroatoms. The van der Waals surface area contributed by atoms with Gasteiger partial charge in [0.1, 0.15) is 0 Å². The Kier molecular flexibility index (Phi) is 5.72. The summed E-state index contributed by atoms with van der Waals surface area (Å²) in [5.41, 5.74) is 0.766. The summed E-state index contributed by atoms with van der Waals surface area (Å²) < 4.78 is 0. The quantitative estimate of drug-likeness (QED) is 0.836. The highest BCUT2D eigenvalue weighted by molar-refractivity contribution is 7.80. The van der Waals surface area contributed by atoms with Crippen LogP contribution in [-0.4, -0.2) is 53.0 Å². The molecular weight excluding hydrogens is 318 g/mol. The van der Waals surface area contributed by atoms with Crippen molar-refractivity contribution in [3.63, 3.8) is 0 Å². The number of thiocarbonyl (C=S) groups is 1. The minimum atomic E-state index is 0.120. The summed E-state index contributed by atoms with van der Waals surface area (Å²) in [5, 5.41) is 4.43. The summed E-state index contributed by atoms with van der Waals surface area (Å²) in [4.78, 5) is 16.6. The van der Waals surface area contributed by atoms with Gasteiger partial charge < -0.3 is 15.1 Å². The van der Waals surface area contributed by atoms with Crippen LogP contribution in [0.25, 0.3) is 0 Å². The van der Waals surface area contributed by atoms with Gasteiger partial charge in [-0.15, -0.1) is 0 Å². The number of nitrogens with zero attached hydrogens (tertiary/aromatic N) is 2. The molecule has 0 radical (unpaired) electrons. The van der Waals surface area contributed by atoms with Gasteiger partial charge in [-0.25, -0.2) is 0 Å². The summed E-state index contributed by atoms with van der Waals surface area (Å²) in [6.07, 6.45) is 5.14. The lowest BCUT2D eigenvalue weighted by Crippen LogP contribution is -2.55. The molecule has 2 atom stereocenters. The van der Waals surface area contributed by atoms with Gasteiger partial charge in [-0.05, 0) is 43.1 Å². The number of piperazine rings is 1. The molecule has 0 unspecified atom stereocenters. The maximum Gasteiger partial charge on any atom is 0.253 e.